The first-order valence-corrected chi connectivity index (χ1v) is 5.19. The SMILES string of the molecule is COC(=O)c1cccc(O)c1.[C-]#[O+].[C-]#[O+].[Fe].c1cc[cH-]c1. The zero-order valence-corrected chi connectivity index (χ0v) is 12.2. The molecule has 0 unspecified atom stereocenters. The number of methoxy groups -OCH3 is 1. The Morgan fingerprint density at radius 1 is 1.14 bits per heavy atom. The largest absolute Gasteiger partial charge is 0.214 e. The maximum atomic E-state index is 10.8. The summed E-state index contributed by atoms with van der Waals surface area (Å²) in [6.45, 7) is 9.00. The summed E-state index contributed by atoms with van der Waals surface area (Å²) in [5.41, 5.74) is 0.354. The van der Waals surface area contributed by atoms with Gasteiger partial charge in [-0.15, -0.1) is 0 Å². The van der Waals surface area contributed by atoms with Gasteiger partial charge in [0.05, 0.1) is 12.7 Å². The Morgan fingerprint density at radius 2 is 1.67 bits per heavy atom. The van der Waals surface area contributed by atoms with E-state index >= 15 is 0 Å². The molecule has 0 saturated carbocycles. The van der Waals surface area contributed by atoms with Crippen molar-refractivity contribution >= 4 is 5.97 Å². The molecule has 0 aliphatic heterocycles. The Kier molecular flexibility index (Phi) is 20.3. The number of hydrogen-bond donors (Lipinski definition) is 1. The number of hydrogen-bond acceptors (Lipinski definition) is 3. The molecular weight excluding hydrogens is 316 g/mol. The Balaban J connectivity index is -0.000000273. The van der Waals surface area contributed by atoms with Crippen LogP contribution in [0, 0.1) is 13.3 Å². The molecule has 0 amide bonds. The van der Waals surface area contributed by atoms with Gasteiger partial charge >= 0.3 is 28.6 Å². The second kappa shape index (κ2) is 17.8. The van der Waals surface area contributed by atoms with E-state index in [-0.39, 0.29) is 22.8 Å². The van der Waals surface area contributed by atoms with Crippen LogP contribution in [0.4, 0.5) is 0 Å². The minimum absolute atomic E-state index is 0. The molecule has 21 heavy (non-hydrogen) atoms. The fraction of sp³-hybridized carbons (Fsp3) is 0.0667. The Hall–Kier alpha value is -2.16. The summed E-state index contributed by atoms with van der Waals surface area (Å²) in [5, 5.41) is 8.95. The van der Waals surface area contributed by atoms with Crippen LogP contribution in [0.25, 0.3) is 0 Å². The van der Waals surface area contributed by atoms with E-state index < -0.39 is 5.97 Å². The first-order chi connectivity index (χ1) is 9.74. The van der Waals surface area contributed by atoms with E-state index in [1.54, 1.807) is 12.1 Å². The predicted molar refractivity (Wildman–Crippen MR) is 69.3 cm³/mol. The van der Waals surface area contributed by atoms with Crippen LogP contribution in [0.15, 0.2) is 54.6 Å². The molecule has 5 nitrogen and oxygen atoms in total. The molecule has 0 spiro atoms. The first-order valence-electron chi connectivity index (χ1n) is 5.19. The third-order valence-electron chi connectivity index (χ3n) is 1.82. The zero-order chi connectivity index (χ0) is 15.8. The number of ether oxygens (including phenoxy) is 1. The number of carbonyl (C=O) groups excluding carboxylic acids is 1. The van der Waals surface area contributed by atoms with Crippen molar-refractivity contribution in [3.8, 4) is 5.75 Å². The Labute approximate surface area is 133 Å². The third kappa shape index (κ3) is 12.6. The topological polar surface area (TPSA) is 86.3 Å². The van der Waals surface area contributed by atoms with Gasteiger partial charge in [0.2, 0.25) is 0 Å². The smallest absolute Gasteiger partial charge is 0 e. The normalized spacial score (nSPS) is 6.90. The predicted octanol–water partition coefficient (Wildman–Crippen LogP) is 2.51. The van der Waals surface area contributed by atoms with Crippen LogP contribution in [0.1, 0.15) is 10.4 Å². The van der Waals surface area contributed by atoms with Gasteiger partial charge in [0.1, 0.15) is 5.75 Å². The standard InChI is InChI=1S/C8H8O3.C5H5.2CO.Fe/c1-11-8(10)6-3-2-4-7(9)5-6;1-2-4-5-3-1;2*1-2;/h2-5,9H,1H3;1-5H;;;/q;-1;;;. The number of benzene rings is 1. The summed E-state index contributed by atoms with van der Waals surface area (Å²) in [5.74, 6) is -0.381. The molecule has 0 aliphatic carbocycles. The van der Waals surface area contributed by atoms with Gasteiger partial charge in [-0.1, -0.05) is 6.07 Å². The molecule has 112 valence electrons. The summed E-state index contributed by atoms with van der Waals surface area (Å²) in [4.78, 5) is 10.8. The maximum absolute atomic E-state index is 10.8. The van der Waals surface area contributed by atoms with E-state index in [9.17, 15) is 4.79 Å². The van der Waals surface area contributed by atoms with Crippen molar-refractivity contribution in [3.05, 3.63) is 73.5 Å². The first kappa shape index (κ1) is 23.9. The van der Waals surface area contributed by atoms with Gasteiger partial charge in [-0.2, -0.15) is 18.2 Å². The number of aromatic hydroxyl groups is 1. The van der Waals surface area contributed by atoms with Crippen LogP contribution in [-0.4, -0.2) is 18.2 Å². The minimum Gasteiger partial charge on any atom is -0.214 e. The molecule has 2 aromatic carbocycles. The van der Waals surface area contributed by atoms with Gasteiger partial charge in [-0.25, -0.2) is 16.9 Å². The molecule has 0 aromatic heterocycles. The third-order valence-corrected chi connectivity index (χ3v) is 1.82. The van der Waals surface area contributed by atoms with E-state index in [1.807, 2.05) is 30.3 Å². The molecule has 0 saturated heterocycles. The molecule has 0 fully saturated rings. The Bertz CT molecular complexity index is 480. The van der Waals surface area contributed by atoms with E-state index in [0.717, 1.165) is 0 Å². The van der Waals surface area contributed by atoms with Crippen LogP contribution in [0.2, 0.25) is 0 Å². The van der Waals surface area contributed by atoms with Gasteiger partial charge in [0.15, 0.2) is 0 Å². The number of phenols is 1. The average Bonchev–Trinajstić information content (AvgIpc) is 3.10. The van der Waals surface area contributed by atoms with Crippen LogP contribution < -0.4 is 0 Å². The molecule has 0 bridgehead atoms. The molecule has 2 rings (SSSR count). The average molecular weight is 329 g/mol. The van der Waals surface area contributed by atoms with E-state index in [1.165, 1.54) is 19.2 Å². The molecule has 0 radical (unpaired) electrons. The van der Waals surface area contributed by atoms with Crippen molar-refractivity contribution in [2.75, 3.05) is 7.11 Å². The van der Waals surface area contributed by atoms with Gasteiger partial charge in [-0.3, -0.25) is 0 Å². The maximum Gasteiger partial charge on any atom is 0 e. The summed E-state index contributed by atoms with van der Waals surface area (Å²) in [7, 11) is 1.30. The number of esters is 1. The van der Waals surface area contributed by atoms with Crippen molar-refractivity contribution in [3.63, 3.8) is 0 Å². The molecule has 6 heteroatoms. The van der Waals surface area contributed by atoms with Crippen molar-refractivity contribution in [1.82, 2.24) is 0 Å². The molecular formula is C15H13FeO5-. The summed E-state index contributed by atoms with van der Waals surface area (Å²) >= 11 is 0. The fourth-order valence-electron chi connectivity index (χ4n) is 1.07. The van der Waals surface area contributed by atoms with Crippen LogP contribution in [0.5, 0.6) is 5.75 Å². The Morgan fingerprint density at radius 3 is 2.00 bits per heavy atom. The van der Waals surface area contributed by atoms with Crippen molar-refractivity contribution in [1.29, 1.82) is 0 Å². The van der Waals surface area contributed by atoms with E-state index in [4.69, 9.17) is 14.4 Å². The molecule has 0 aliphatic rings. The second-order valence-electron chi connectivity index (χ2n) is 3.00. The summed E-state index contributed by atoms with van der Waals surface area (Å²) < 4.78 is 19.4. The van der Waals surface area contributed by atoms with Crippen molar-refractivity contribution in [2.24, 2.45) is 0 Å². The number of rotatable bonds is 1. The second-order valence-corrected chi connectivity index (χ2v) is 3.00. The summed E-state index contributed by atoms with van der Waals surface area (Å²) in [6.07, 6.45) is 0. The van der Waals surface area contributed by atoms with Crippen LogP contribution >= 0.6 is 0 Å². The quantitative estimate of drug-likeness (QED) is 0.377. The number of phenolic OH excluding ortho intramolecular Hbond substituents is 1. The van der Waals surface area contributed by atoms with Crippen molar-refractivity contribution in [2.45, 2.75) is 0 Å². The fourth-order valence-corrected chi connectivity index (χ4v) is 1.07. The van der Waals surface area contributed by atoms with Gasteiger partial charge in [0, 0.05) is 17.1 Å². The van der Waals surface area contributed by atoms with E-state index in [0.29, 0.717) is 5.56 Å². The number of carbonyl (C=O) groups is 1. The molecule has 0 heterocycles. The molecule has 1 N–H and O–H groups in total. The van der Waals surface area contributed by atoms with Gasteiger partial charge in [-0.05, 0) is 18.2 Å². The van der Waals surface area contributed by atoms with Crippen molar-refractivity contribution < 1.29 is 41.0 Å². The monoisotopic (exact) mass is 329 g/mol. The van der Waals surface area contributed by atoms with Crippen LogP contribution in [-0.2, 0) is 31.1 Å². The summed E-state index contributed by atoms with van der Waals surface area (Å²) in [6, 6.07) is 16.0. The molecule has 0 atom stereocenters. The van der Waals surface area contributed by atoms with Gasteiger partial charge < -0.3 is 9.84 Å². The minimum atomic E-state index is -0.444. The van der Waals surface area contributed by atoms with E-state index in [2.05, 4.69) is 18.0 Å². The zero-order valence-electron chi connectivity index (χ0n) is 11.1. The van der Waals surface area contributed by atoms with Crippen LogP contribution in [0.3, 0.4) is 0 Å². The molecule has 2 aromatic rings. The van der Waals surface area contributed by atoms with Gasteiger partial charge in [0.25, 0.3) is 0 Å².